The van der Waals surface area contributed by atoms with Crippen molar-refractivity contribution in [1.29, 1.82) is 0 Å². The minimum atomic E-state index is -0.427. The van der Waals surface area contributed by atoms with Crippen LogP contribution in [-0.2, 0) is 11.2 Å². The van der Waals surface area contributed by atoms with Gasteiger partial charge >= 0.3 is 0 Å². The summed E-state index contributed by atoms with van der Waals surface area (Å²) in [4.78, 5) is 21.3. The fourth-order valence-electron chi connectivity index (χ4n) is 2.52. The van der Waals surface area contributed by atoms with E-state index in [0.717, 1.165) is 24.3 Å². The number of hydrogen-bond donors (Lipinski definition) is 1. The van der Waals surface area contributed by atoms with Crippen molar-refractivity contribution in [3.63, 3.8) is 0 Å². The van der Waals surface area contributed by atoms with E-state index in [1.165, 1.54) is 6.33 Å². The first kappa shape index (κ1) is 14.4. The van der Waals surface area contributed by atoms with E-state index >= 15 is 0 Å². The monoisotopic (exact) mass is 300 g/mol. The molecule has 1 aliphatic heterocycles. The summed E-state index contributed by atoms with van der Waals surface area (Å²) in [5, 5.41) is 2.95. The number of halogens is 1. The number of aryl methyl sites for hydroxylation is 1. The summed E-state index contributed by atoms with van der Waals surface area (Å²) in [7, 11) is 0. The molecule has 0 radical (unpaired) electrons. The Morgan fingerprint density at radius 2 is 2.05 bits per heavy atom. The summed E-state index contributed by atoms with van der Waals surface area (Å²) in [6.07, 6.45) is 3.36. The Balaban J connectivity index is 1.78. The van der Waals surface area contributed by atoms with Crippen molar-refractivity contribution in [3.05, 3.63) is 42.1 Å². The highest BCUT2D eigenvalue weighted by Gasteiger charge is 2.21. The van der Waals surface area contributed by atoms with Crippen molar-refractivity contribution in [2.24, 2.45) is 0 Å². The number of nitrogens with one attached hydrogen (secondary N) is 1. The third-order valence-corrected chi connectivity index (χ3v) is 3.71. The molecule has 0 bridgehead atoms. The van der Waals surface area contributed by atoms with Gasteiger partial charge in [-0.15, -0.1) is 0 Å². The number of carbonyl (C=O) groups excluding carboxylic acids is 1. The van der Waals surface area contributed by atoms with E-state index in [0.29, 0.717) is 18.5 Å². The Bertz CT molecular complexity index is 687. The Hall–Kier alpha value is -2.50. The average Bonchev–Trinajstić information content (AvgIpc) is 2.96. The number of benzene rings is 1. The molecule has 1 aromatic carbocycles. The van der Waals surface area contributed by atoms with Crippen LogP contribution in [0.4, 0.5) is 21.6 Å². The molecule has 6 heteroatoms. The second-order valence-electron chi connectivity index (χ2n) is 5.16. The number of amides is 1. The SMILES string of the molecule is CCc1ncnc(Nc2ccc(N3CCCC3=O)cc2)c1F. The second-order valence-corrected chi connectivity index (χ2v) is 5.16. The van der Waals surface area contributed by atoms with Crippen molar-refractivity contribution in [3.8, 4) is 0 Å². The maximum absolute atomic E-state index is 14.1. The van der Waals surface area contributed by atoms with Crippen LogP contribution < -0.4 is 10.2 Å². The number of anilines is 3. The largest absolute Gasteiger partial charge is 0.338 e. The van der Waals surface area contributed by atoms with Crippen LogP contribution in [0.15, 0.2) is 30.6 Å². The molecule has 2 heterocycles. The van der Waals surface area contributed by atoms with E-state index < -0.39 is 5.82 Å². The molecular formula is C16H17FN4O. The first-order valence-corrected chi connectivity index (χ1v) is 7.36. The van der Waals surface area contributed by atoms with Gasteiger partial charge in [-0.2, -0.15) is 0 Å². The van der Waals surface area contributed by atoms with Crippen LogP contribution in [0.3, 0.4) is 0 Å². The molecule has 1 fully saturated rings. The molecule has 1 aliphatic rings. The molecule has 1 saturated heterocycles. The van der Waals surface area contributed by atoms with Crippen molar-refractivity contribution in [1.82, 2.24) is 9.97 Å². The van der Waals surface area contributed by atoms with Gasteiger partial charge in [0.15, 0.2) is 11.6 Å². The van der Waals surface area contributed by atoms with Crippen LogP contribution in [0.1, 0.15) is 25.5 Å². The van der Waals surface area contributed by atoms with Crippen LogP contribution in [0.25, 0.3) is 0 Å². The number of aromatic nitrogens is 2. The van der Waals surface area contributed by atoms with E-state index in [1.807, 2.05) is 31.2 Å². The summed E-state index contributed by atoms with van der Waals surface area (Å²) in [5.41, 5.74) is 1.97. The van der Waals surface area contributed by atoms with Gasteiger partial charge in [-0.05, 0) is 37.1 Å². The van der Waals surface area contributed by atoms with Gasteiger partial charge in [-0.1, -0.05) is 6.92 Å². The molecular weight excluding hydrogens is 283 g/mol. The highest BCUT2D eigenvalue weighted by Crippen LogP contribution is 2.25. The van der Waals surface area contributed by atoms with Crippen LogP contribution in [0.5, 0.6) is 0 Å². The zero-order valence-electron chi connectivity index (χ0n) is 12.3. The predicted molar refractivity (Wildman–Crippen MR) is 82.7 cm³/mol. The fraction of sp³-hybridized carbons (Fsp3) is 0.312. The van der Waals surface area contributed by atoms with Crippen molar-refractivity contribution < 1.29 is 9.18 Å². The number of nitrogens with zero attached hydrogens (tertiary/aromatic N) is 3. The molecule has 0 aliphatic carbocycles. The molecule has 1 N–H and O–H groups in total. The third kappa shape index (κ3) is 2.77. The minimum absolute atomic E-state index is 0.148. The van der Waals surface area contributed by atoms with Gasteiger partial charge in [0, 0.05) is 24.3 Å². The van der Waals surface area contributed by atoms with Crippen LogP contribution in [0, 0.1) is 5.82 Å². The zero-order chi connectivity index (χ0) is 15.5. The summed E-state index contributed by atoms with van der Waals surface area (Å²) < 4.78 is 14.1. The summed E-state index contributed by atoms with van der Waals surface area (Å²) >= 11 is 0. The summed E-state index contributed by atoms with van der Waals surface area (Å²) in [5.74, 6) is -0.115. The van der Waals surface area contributed by atoms with E-state index in [1.54, 1.807) is 4.90 Å². The molecule has 0 spiro atoms. The lowest BCUT2D eigenvalue weighted by Gasteiger charge is -2.16. The molecule has 0 unspecified atom stereocenters. The first-order chi connectivity index (χ1) is 10.7. The average molecular weight is 300 g/mol. The van der Waals surface area contributed by atoms with Gasteiger partial charge in [0.25, 0.3) is 0 Å². The molecule has 1 aromatic heterocycles. The van der Waals surface area contributed by atoms with E-state index in [4.69, 9.17) is 0 Å². The van der Waals surface area contributed by atoms with Gasteiger partial charge in [-0.25, -0.2) is 14.4 Å². The minimum Gasteiger partial charge on any atom is -0.338 e. The second kappa shape index (κ2) is 6.09. The van der Waals surface area contributed by atoms with Gasteiger partial charge in [0.2, 0.25) is 5.91 Å². The van der Waals surface area contributed by atoms with Crippen LogP contribution in [-0.4, -0.2) is 22.4 Å². The predicted octanol–water partition coefficient (Wildman–Crippen LogP) is 3.05. The maximum atomic E-state index is 14.1. The van der Waals surface area contributed by atoms with E-state index in [9.17, 15) is 9.18 Å². The van der Waals surface area contributed by atoms with E-state index in [-0.39, 0.29) is 11.7 Å². The molecule has 114 valence electrons. The molecule has 0 atom stereocenters. The molecule has 0 saturated carbocycles. The molecule has 22 heavy (non-hydrogen) atoms. The Morgan fingerprint density at radius 3 is 2.68 bits per heavy atom. The molecule has 5 nitrogen and oxygen atoms in total. The van der Waals surface area contributed by atoms with Crippen molar-refractivity contribution in [2.45, 2.75) is 26.2 Å². The Kier molecular flexibility index (Phi) is 4.00. The number of hydrogen-bond acceptors (Lipinski definition) is 4. The van der Waals surface area contributed by atoms with Crippen LogP contribution in [0.2, 0.25) is 0 Å². The first-order valence-electron chi connectivity index (χ1n) is 7.36. The maximum Gasteiger partial charge on any atom is 0.227 e. The van der Waals surface area contributed by atoms with Crippen molar-refractivity contribution in [2.75, 3.05) is 16.8 Å². The summed E-state index contributed by atoms with van der Waals surface area (Å²) in [6, 6.07) is 7.33. The molecule has 2 aromatic rings. The quantitative estimate of drug-likeness (QED) is 0.943. The van der Waals surface area contributed by atoms with Crippen LogP contribution >= 0.6 is 0 Å². The molecule has 3 rings (SSSR count). The molecule has 1 amide bonds. The van der Waals surface area contributed by atoms with Gasteiger partial charge < -0.3 is 10.2 Å². The smallest absolute Gasteiger partial charge is 0.227 e. The number of carbonyl (C=O) groups is 1. The summed E-state index contributed by atoms with van der Waals surface area (Å²) in [6.45, 7) is 2.60. The lowest BCUT2D eigenvalue weighted by Crippen LogP contribution is -2.23. The van der Waals surface area contributed by atoms with Gasteiger partial charge in [0.05, 0.1) is 5.69 Å². The lowest BCUT2D eigenvalue weighted by atomic mass is 10.2. The lowest BCUT2D eigenvalue weighted by molar-refractivity contribution is -0.117. The Morgan fingerprint density at radius 1 is 1.27 bits per heavy atom. The topological polar surface area (TPSA) is 58.1 Å². The van der Waals surface area contributed by atoms with Gasteiger partial charge in [0.1, 0.15) is 6.33 Å². The highest BCUT2D eigenvalue weighted by molar-refractivity contribution is 5.95. The third-order valence-electron chi connectivity index (χ3n) is 3.71. The van der Waals surface area contributed by atoms with Gasteiger partial charge in [-0.3, -0.25) is 4.79 Å². The standard InChI is InChI=1S/C16H17FN4O/c1-2-13-15(17)16(19-10-18-13)20-11-5-7-12(8-6-11)21-9-3-4-14(21)22/h5-8,10H,2-4,9H2,1H3,(H,18,19,20). The fourth-order valence-corrected chi connectivity index (χ4v) is 2.52. The zero-order valence-corrected chi connectivity index (χ0v) is 12.3. The Labute approximate surface area is 128 Å². The highest BCUT2D eigenvalue weighted by atomic mass is 19.1. The van der Waals surface area contributed by atoms with E-state index in [2.05, 4.69) is 15.3 Å². The number of rotatable bonds is 4. The normalized spacial score (nSPS) is 14.5. The van der Waals surface area contributed by atoms with Crippen molar-refractivity contribution >= 4 is 23.1 Å².